The van der Waals surface area contributed by atoms with Crippen molar-refractivity contribution < 1.29 is 20.1 Å². The van der Waals surface area contributed by atoms with Gasteiger partial charge in [0.05, 0.1) is 0 Å². The van der Waals surface area contributed by atoms with Crippen molar-refractivity contribution in [3.05, 3.63) is 72.3 Å². The van der Waals surface area contributed by atoms with Crippen LogP contribution in [0.3, 0.4) is 0 Å². The van der Waals surface area contributed by atoms with E-state index in [2.05, 4.69) is 13.0 Å². The molecule has 0 atom stereocenters. The first-order valence-corrected chi connectivity index (χ1v) is 9.28. The Bertz CT molecular complexity index is 548. The van der Waals surface area contributed by atoms with Gasteiger partial charge in [-0.25, -0.2) is 4.79 Å². The monoisotopic (exact) mass is 360 g/mol. The highest BCUT2D eigenvalue weighted by molar-refractivity contribution is 5.84. The summed E-state index contributed by atoms with van der Waals surface area (Å²) >= 11 is 0. The van der Waals surface area contributed by atoms with E-state index in [-0.39, 0.29) is 0 Å². The van der Waals surface area contributed by atoms with Gasteiger partial charge >= 0.3 is 5.97 Å². The molecule has 0 radical (unpaired) electrons. The highest BCUT2D eigenvalue weighted by Crippen LogP contribution is 2.08. The van der Waals surface area contributed by atoms with Crippen LogP contribution in [0.1, 0.15) is 58.3 Å². The fourth-order valence-electron chi connectivity index (χ4n) is 2.11. The third-order valence-electron chi connectivity index (χ3n) is 3.59. The first-order valence-electron chi connectivity index (χ1n) is 9.28. The highest BCUT2D eigenvalue weighted by Gasteiger charge is 2.08. The predicted octanol–water partition coefficient (Wildman–Crippen LogP) is 6.32. The topological polar surface area (TPSA) is 77.8 Å². The molecule has 0 aliphatic rings. The molecule has 0 aliphatic heterocycles. The molecule has 0 rings (SSSR count). The second kappa shape index (κ2) is 17.3. The molecule has 0 saturated carbocycles. The van der Waals surface area contributed by atoms with Crippen molar-refractivity contribution in [2.45, 2.75) is 58.3 Å². The number of aliphatic carboxylic acids is 1. The van der Waals surface area contributed by atoms with Crippen LogP contribution in [0.5, 0.6) is 0 Å². The molecule has 0 spiro atoms. The van der Waals surface area contributed by atoms with Crippen LogP contribution in [0.4, 0.5) is 0 Å². The summed E-state index contributed by atoms with van der Waals surface area (Å²) in [6.45, 7) is 2.24. The smallest absolute Gasteiger partial charge is 0.374 e. The van der Waals surface area contributed by atoms with Gasteiger partial charge in [-0.15, -0.1) is 0 Å². The third kappa shape index (κ3) is 15.1. The minimum atomic E-state index is -1.57. The first-order chi connectivity index (χ1) is 12.6. The zero-order valence-corrected chi connectivity index (χ0v) is 15.7. The van der Waals surface area contributed by atoms with E-state index in [1.54, 1.807) is 12.2 Å². The molecule has 0 aliphatic carbocycles. The van der Waals surface area contributed by atoms with Gasteiger partial charge in [0.15, 0.2) is 5.76 Å². The standard InChI is InChI=1S/C22H32O4/c1-2-3-4-5-6-7-8-9-10-11-12-13-14-15-16-17-18-19-20(23)21(24)22(25)26/h10-19,23-24H,2-9H2,1H3,(H,25,26)/b11-10-,13-12+,15-14+,17-16-,19-18-,21-20+. The molecule has 0 bridgehead atoms. The fraction of sp³-hybridized carbons (Fsp3) is 0.409. The molecule has 0 saturated heterocycles. The van der Waals surface area contributed by atoms with Gasteiger partial charge in [-0.3, -0.25) is 0 Å². The minimum Gasteiger partial charge on any atom is -0.504 e. The van der Waals surface area contributed by atoms with Crippen molar-refractivity contribution in [1.82, 2.24) is 0 Å². The molecule has 3 N–H and O–H groups in total. The number of hydrogen-bond donors (Lipinski definition) is 3. The van der Waals surface area contributed by atoms with E-state index in [0.717, 1.165) is 12.5 Å². The molecule has 0 fully saturated rings. The lowest BCUT2D eigenvalue weighted by Crippen LogP contribution is -2.02. The Morgan fingerprint density at radius 1 is 0.692 bits per heavy atom. The van der Waals surface area contributed by atoms with Crippen molar-refractivity contribution in [1.29, 1.82) is 0 Å². The summed E-state index contributed by atoms with van der Waals surface area (Å²) in [4.78, 5) is 10.4. The number of carboxylic acid groups (broad SMARTS) is 1. The fourth-order valence-corrected chi connectivity index (χ4v) is 2.11. The predicted molar refractivity (Wildman–Crippen MR) is 108 cm³/mol. The summed E-state index contributed by atoms with van der Waals surface area (Å²) in [5.74, 6) is -3.32. The summed E-state index contributed by atoms with van der Waals surface area (Å²) in [5, 5.41) is 26.6. The summed E-state index contributed by atoms with van der Waals surface area (Å²) in [7, 11) is 0. The van der Waals surface area contributed by atoms with Crippen molar-refractivity contribution in [3.8, 4) is 0 Å². The molecule has 4 nitrogen and oxygen atoms in total. The SMILES string of the molecule is CCCCCCCCC\C=C/C=C/C=C/C=C\C=C/C(O)=C(\O)C(=O)O. The average molecular weight is 360 g/mol. The highest BCUT2D eigenvalue weighted by atomic mass is 16.4. The van der Waals surface area contributed by atoms with E-state index in [4.69, 9.17) is 10.2 Å². The Morgan fingerprint density at radius 3 is 1.77 bits per heavy atom. The number of rotatable bonds is 14. The normalized spacial score (nSPS) is 13.7. The molecule has 0 unspecified atom stereocenters. The van der Waals surface area contributed by atoms with Gasteiger partial charge in [0.25, 0.3) is 0 Å². The van der Waals surface area contributed by atoms with Crippen molar-refractivity contribution in [3.63, 3.8) is 0 Å². The largest absolute Gasteiger partial charge is 0.504 e. The lowest BCUT2D eigenvalue weighted by Gasteiger charge is -1.98. The van der Waals surface area contributed by atoms with Crippen LogP contribution in [0.2, 0.25) is 0 Å². The van der Waals surface area contributed by atoms with Crippen LogP contribution < -0.4 is 0 Å². The molecule has 0 aromatic rings. The maximum Gasteiger partial charge on any atom is 0.374 e. The molecule has 0 heterocycles. The third-order valence-corrected chi connectivity index (χ3v) is 3.59. The zero-order chi connectivity index (χ0) is 19.5. The Hall–Kier alpha value is -2.49. The summed E-state index contributed by atoms with van der Waals surface area (Å²) in [6.07, 6.45) is 28.1. The minimum absolute atomic E-state index is 0.683. The Morgan fingerprint density at radius 2 is 1.19 bits per heavy atom. The first kappa shape index (κ1) is 23.5. The Balaban J connectivity index is 3.81. The maximum atomic E-state index is 10.4. The van der Waals surface area contributed by atoms with Gasteiger partial charge in [-0.2, -0.15) is 0 Å². The van der Waals surface area contributed by atoms with Crippen molar-refractivity contribution >= 4 is 5.97 Å². The summed E-state index contributed by atoms with van der Waals surface area (Å²) < 4.78 is 0. The van der Waals surface area contributed by atoms with E-state index in [0.29, 0.717) is 0 Å². The Kier molecular flexibility index (Phi) is 15.7. The molecule has 26 heavy (non-hydrogen) atoms. The van der Waals surface area contributed by atoms with E-state index in [1.807, 2.05) is 30.4 Å². The molecule has 0 aromatic carbocycles. The van der Waals surface area contributed by atoms with Crippen molar-refractivity contribution in [2.75, 3.05) is 0 Å². The van der Waals surface area contributed by atoms with E-state index >= 15 is 0 Å². The zero-order valence-electron chi connectivity index (χ0n) is 15.7. The van der Waals surface area contributed by atoms with Gasteiger partial charge in [0.2, 0.25) is 5.76 Å². The second-order valence-electron chi connectivity index (χ2n) is 5.89. The van der Waals surface area contributed by atoms with Crippen LogP contribution in [0.25, 0.3) is 0 Å². The molecule has 4 heteroatoms. The van der Waals surface area contributed by atoms with Crippen LogP contribution in [-0.2, 0) is 4.79 Å². The summed E-state index contributed by atoms with van der Waals surface area (Å²) in [6, 6.07) is 0. The van der Waals surface area contributed by atoms with E-state index in [9.17, 15) is 9.90 Å². The lowest BCUT2D eigenvalue weighted by atomic mass is 10.1. The molecular formula is C22H32O4. The quantitative estimate of drug-likeness (QED) is 0.147. The average Bonchev–Trinajstić information content (AvgIpc) is 2.63. The van der Waals surface area contributed by atoms with Gasteiger partial charge in [-0.05, 0) is 18.9 Å². The van der Waals surface area contributed by atoms with Crippen LogP contribution in [0, 0.1) is 0 Å². The van der Waals surface area contributed by atoms with Gasteiger partial charge in [-0.1, -0.05) is 100 Å². The summed E-state index contributed by atoms with van der Waals surface area (Å²) in [5.41, 5.74) is 0. The number of carbonyl (C=O) groups is 1. The van der Waals surface area contributed by atoms with E-state index in [1.165, 1.54) is 51.0 Å². The van der Waals surface area contributed by atoms with Gasteiger partial charge in [0.1, 0.15) is 0 Å². The Labute approximate surface area is 157 Å². The number of unbranched alkanes of at least 4 members (excludes halogenated alkanes) is 7. The van der Waals surface area contributed by atoms with Gasteiger partial charge < -0.3 is 15.3 Å². The molecular weight excluding hydrogens is 328 g/mol. The van der Waals surface area contributed by atoms with Crippen LogP contribution in [0.15, 0.2) is 72.3 Å². The number of carboxylic acids is 1. The van der Waals surface area contributed by atoms with Gasteiger partial charge in [0, 0.05) is 0 Å². The molecule has 144 valence electrons. The van der Waals surface area contributed by atoms with E-state index < -0.39 is 17.5 Å². The number of allylic oxidation sites excluding steroid dienone is 10. The lowest BCUT2D eigenvalue weighted by molar-refractivity contribution is -0.135. The second-order valence-corrected chi connectivity index (χ2v) is 5.89. The maximum absolute atomic E-state index is 10.4. The number of hydrogen-bond acceptors (Lipinski definition) is 3. The van der Waals surface area contributed by atoms with Crippen molar-refractivity contribution in [2.24, 2.45) is 0 Å². The van der Waals surface area contributed by atoms with Crippen LogP contribution >= 0.6 is 0 Å². The molecule has 0 amide bonds. The number of aliphatic hydroxyl groups excluding tert-OH is 2. The van der Waals surface area contributed by atoms with Crippen LogP contribution in [-0.4, -0.2) is 21.3 Å². The molecule has 0 aromatic heterocycles. The number of aliphatic hydroxyl groups is 2.